The molecular formula is C14H13ClN2S. The van der Waals surface area contributed by atoms with E-state index >= 15 is 0 Å². The summed E-state index contributed by atoms with van der Waals surface area (Å²) >= 11 is 7.65. The first-order chi connectivity index (χ1) is 8.75. The van der Waals surface area contributed by atoms with Crippen LogP contribution in [0.15, 0.2) is 46.9 Å². The van der Waals surface area contributed by atoms with E-state index in [0.717, 1.165) is 10.7 Å². The molecule has 0 fully saturated rings. The molecule has 2 nitrogen and oxygen atoms in total. The summed E-state index contributed by atoms with van der Waals surface area (Å²) in [5.74, 6) is 0.366. The van der Waals surface area contributed by atoms with Crippen molar-refractivity contribution in [1.29, 1.82) is 0 Å². The minimum atomic E-state index is 0.236. The zero-order valence-electron chi connectivity index (χ0n) is 9.93. The number of benzene rings is 1. The van der Waals surface area contributed by atoms with Crippen LogP contribution < -0.4 is 5.43 Å². The predicted octanol–water partition coefficient (Wildman–Crippen LogP) is 4.09. The lowest BCUT2D eigenvalue weighted by Gasteiger charge is -2.16. The van der Waals surface area contributed by atoms with Crippen molar-refractivity contribution in [3.63, 3.8) is 0 Å². The van der Waals surface area contributed by atoms with Gasteiger partial charge in [-0.05, 0) is 29.1 Å². The van der Waals surface area contributed by atoms with Crippen LogP contribution in [0.1, 0.15) is 23.4 Å². The molecule has 0 bridgehead atoms. The van der Waals surface area contributed by atoms with Crippen LogP contribution in [-0.4, -0.2) is 5.71 Å². The molecule has 1 aliphatic rings. The maximum absolute atomic E-state index is 5.92. The van der Waals surface area contributed by atoms with Gasteiger partial charge in [0.15, 0.2) is 0 Å². The molecule has 3 rings (SSSR count). The summed E-state index contributed by atoms with van der Waals surface area (Å²) in [5, 5.41) is 7.33. The molecule has 92 valence electrons. The Labute approximate surface area is 115 Å². The quantitative estimate of drug-likeness (QED) is 0.878. The van der Waals surface area contributed by atoms with E-state index in [4.69, 9.17) is 11.6 Å². The van der Waals surface area contributed by atoms with Crippen molar-refractivity contribution in [2.75, 3.05) is 0 Å². The van der Waals surface area contributed by atoms with Gasteiger partial charge in [0, 0.05) is 10.9 Å². The Morgan fingerprint density at radius 1 is 1.22 bits per heavy atom. The standard InChI is InChI=1S/C14H13ClN2S/c1-9-13(10-4-6-11(15)7-5-10)16-17-14(9)12-3-2-8-18-12/h2-9,13,16H,1H3. The fraction of sp³-hybridized carbons (Fsp3) is 0.214. The maximum atomic E-state index is 5.92. The number of hydrazone groups is 1. The largest absolute Gasteiger partial charge is 0.302 e. The average Bonchev–Trinajstić information content (AvgIpc) is 2.99. The van der Waals surface area contributed by atoms with Gasteiger partial charge < -0.3 is 5.43 Å². The summed E-state index contributed by atoms with van der Waals surface area (Å²) in [6, 6.07) is 12.4. The molecule has 1 aliphatic heterocycles. The topological polar surface area (TPSA) is 24.4 Å². The summed E-state index contributed by atoms with van der Waals surface area (Å²) in [6.45, 7) is 2.21. The molecule has 18 heavy (non-hydrogen) atoms. The molecule has 0 aliphatic carbocycles. The van der Waals surface area contributed by atoms with Gasteiger partial charge in [-0.1, -0.05) is 36.7 Å². The van der Waals surface area contributed by atoms with Crippen molar-refractivity contribution >= 4 is 28.6 Å². The lowest BCUT2D eigenvalue weighted by Crippen LogP contribution is -2.18. The maximum Gasteiger partial charge on any atom is 0.0827 e. The third kappa shape index (κ3) is 2.04. The van der Waals surface area contributed by atoms with Crippen molar-refractivity contribution in [2.24, 2.45) is 11.0 Å². The molecule has 2 aromatic rings. The Bertz CT molecular complexity index is 560. The van der Waals surface area contributed by atoms with Gasteiger partial charge in [0.05, 0.1) is 16.6 Å². The molecule has 4 heteroatoms. The van der Waals surface area contributed by atoms with Crippen LogP contribution in [0.5, 0.6) is 0 Å². The summed E-state index contributed by atoms with van der Waals surface area (Å²) in [7, 11) is 0. The fourth-order valence-corrected chi connectivity index (χ4v) is 3.19. The van der Waals surface area contributed by atoms with Crippen LogP contribution in [-0.2, 0) is 0 Å². The zero-order chi connectivity index (χ0) is 12.5. The number of hydrogen-bond donors (Lipinski definition) is 1. The summed E-state index contributed by atoms with van der Waals surface area (Å²) in [6.07, 6.45) is 0. The normalized spacial score (nSPS) is 22.7. The SMILES string of the molecule is CC1C(c2cccs2)=NNC1c1ccc(Cl)cc1. The Kier molecular flexibility index (Phi) is 3.10. The Morgan fingerprint density at radius 2 is 2.00 bits per heavy atom. The minimum Gasteiger partial charge on any atom is -0.302 e. The fourth-order valence-electron chi connectivity index (χ4n) is 2.25. The van der Waals surface area contributed by atoms with Gasteiger partial charge in [0.2, 0.25) is 0 Å². The summed E-state index contributed by atoms with van der Waals surface area (Å²) in [5.41, 5.74) is 5.60. The highest BCUT2D eigenvalue weighted by Crippen LogP contribution is 2.31. The molecule has 0 amide bonds. The highest BCUT2D eigenvalue weighted by molar-refractivity contribution is 7.12. The van der Waals surface area contributed by atoms with Gasteiger partial charge in [-0.3, -0.25) is 0 Å². The van der Waals surface area contributed by atoms with E-state index in [1.54, 1.807) is 11.3 Å². The first kappa shape index (κ1) is 11.8. The van der Waals surface area contributed by atoms with Crippen LogP contribution in [0.4, 0.5) is 0 Å². The molecule has 1 N–H and O–H groups in total. The minimum absolute atomic E-state index is 0.236. The van der Waals surface area contributed by atoms with E-state index in [1.165, 1.54) is 10.4 Å². The van der Waals surface area contributed by atoms with E-state index < -0.39 is 0 Å². The molecule has 0 saturated heterocycles. The van der Waals surface area contributed by atoms with E-state index in [2.05, 4.69) is 47.1 Å². The van der Waals surface area contributed by atoms with Crippen LogP contribution in [0.2, 0.25) is 5.02 Å². The van der Waals surface area contributed by atoms with Crippen molar-refractivity contribution in [1.82, 2.24) is 5.43 Å². The van der Waals surface area contributed by atoms with Crippen LogP contribution in [0, 0.1) is 5.92 Å². The van der Waals surface area contributed by atoms with E-state index in [-0.39, 0.29) is 6.04 Å². The third-order valence-corrected chi connectivity index (χ3v) is 4.40. The average molecular weight is 277 g/mol. The number of halogens is 1. The first-order valence-corrected chi connectivity index (χ1v) is 7.14. The van der Waals surface area contributed by atoms with Gasteiger partial charge in [-0.25, -0.2) is 0 Å². The molecule has 1 aromatic heterocycles. The van der Waals surface area contributed by atoms with E-state index in [1.807, 2.05) is 12.1 Å². The number of thiophene rings is 1. The number of nitrogens with zero attached hydrogens (tertiary/aromatic N) is 1. The molecule has 0 radical (unpaired) electrons. The number of hydrogen-bond acceptors (Lipinski definition) is 3. The molecular weight excluding hydrogens is 264 g/mol. The Balaban J connectivity index is 1.85. The lowest BCUT2D eigenvalue weighted by atomic mass is 9.92. The summed E-state index contributed by atoms with van der Waals surface area (Å²) < 4.78 is 0. The van der Waals surface area contributed by atoms with Gasteiger partial charge in [0.1, 0.15) is 0 Å². The number of nitrogens with one attached hydrogen (secondary N) is 1. The Hall–Kier alpha value is -1.32. The van der Waals surface area contributed by atoms with Crippen LogP contribution in [0.3, 0.4) is 0 Å². The van der Waals surface area contributed by atoms with E-state index in [9.17, 15) is 0 Å². The van der Waals surface area contributed by atoms with Gasteiger partial charge in [-0.2, -0.15) is 5.10 Å². The third-order valence-electron chi connectivity index (χ3n) is 3.26. The zero-order valence-corrected chi connectivity index (χ0v) is 11.5. The second kappa shape index (κ2) is 4.75. The monoisotopic (exact) mass is 276 g/mol. The Morgan fingerprint density at radius 3 is 2.67 bits per heavy atom. The van der Waals surface area contributed by atoms with Crippen molar-refractivity contribution in [3.8, 4) is 0 Å². The van der Waals surface area contributed by atoms with Crippen molar-refractivity contribution < 1.29 is 0 Å². The van der Waals surface area contributed by atoms with Gasteiger partial charge in [0.25, 0.3) is 0 Å². The highest BCUT2D eigenvalue weighted by Gasteiger charge is 2.30. The molecule has 2 heterocycles. The predicted molar refractivity (Wildman–Crippen MR) is 77.3 cm³/mol. The van der Waals surface area contributed by atoms with Crippen molar-refractivity contribution in [2.45, 2.75) is 13.0 Å². The second-order valence-electron chi connectivity index (χ2n) is 4.42. The second-order valence-corrected chi connectivity index (χ2v) is 5.81. The first-order valence-electron chi connectivity index (χ1n) is 5.88. The van der Waals surface area contributed by atoms with Crippen LogP contribution in [0.25, 0.3) is 0 Å². The highest BCUT2D eigenvalue weighted by atomic mass is 35.5. The molecule has 2 atom stereocenters. The molecule has 2 unspecified atom stereocenters. The van der Waals surface area contributed by atoms with Gasteiger partial charge >= 0.3 is 0 Å². The molecule has 1 aromatic carbocycles. The van der Waals surface area contributed by atoms with Crippen molar-refractivity contribution in [3.05, 3.63) is 57.2 Å². The molecule has 0 saturated carbocycles. The molecule has 0 spiro atoms. The smallest absolute Gasteiger partial charge is 0.0827 e. The number of rotatable bonds is 2. The lowest BCUT2D eigenvalue weighted by molar-refractivity contribution is 0.525. The summed E-state index contributed by atoms with van der Waals surface area (Å²) in [4.78, 5) is 1.24. The van der Waals surface area contributed by atoms with Crippen LogP contribution >= 0.6 is 22.9 Å². The van der Waals surface area contributed by atoms with Gasteiger partial charge in [-0.15, -0.1) is 11.3 Å². The van der Waals surface area contributed by atoms with E-state index in [0.29, 0.717) is 5.92 Å².